The van der Waals surface area contributed by atoms with E-state index < -0.39 is 19.0 Å². The number of rotatable bonds is 13. The average Bonchev–Trinajstić information content (AvgIpc) is 3.09. The molecule has 182 valence electrons. The minimum absolute atomic E-state index is 1.37. The van der Waals surface area contributed by atoms with Crippen molar-refractivity contribution < 1.29 is 39.4 Å². The van der Waals surface area contributed by atoms with Crippen LogP contribution in [0.25, 0.3) is 0 Å². The summed E-state index contributed by atoms with van der Waals surface area (Å²) in [7, 11) is 0. The Hall–Kier alpha value is -0.535. The van der Waals surface area contributed by atoms with Gasteiger partial charge in [-0.05, 0) is 25.7 Å². The molecule has 0 aromatic rings. The zero-order chi connectivity index (χ0) is 23.3. The molecule has 0 atom stereocenters. The Morgan fingerprint density at radius 3 is 1.27 bits per heavy atom. The Morgan fingerprint density at radius 1 is 0.633 bits per heavy atom. The molecule has 1 fully saturated rings. The first kappa shape index (κ1) is 29.5. The molecule has 0 aromatic carbocycles. The van der Waals surface area contributed by atoms with Crippen molar-refractivity contribution in [1.82, 2.24) is 0 Å². The lowest BCUT2D eigenvalue weighted by atomic mass is 9.80. The maximum atomic E-state index is 11.2. The van der Waals surface area contributed by atoms with Gasteiger partial charge in [0.25, 0.3) is 0 Å². The number of likely N-dealkylation sites (tertiary alicyclic amines) is 1. The summed E-state index contributed by atoms with van der Waals surface area (Å²) in [5, 5.41) is 0. The van der Waals surface area contributed by atoms with Gasteiger partial charge >= 0.3 is 19.0 Å². The fraction of sp³-hybridized carbons (Fsp3) is 1.00. The standard InChI is InChI=1S/C18H38N.C2BF8/c1-3-5-7-9-11-15-19(17-13-14-18-19)16-12-10-8-6-4-2;4-1(5,2(6,7)8)3(9,10)11/h3-18H2,1-2H3;/q+1;-1. The first-order valence-corrected chi connectivity index (χ1v) is 11.3. The second-order valence-corrected chi connectivity index (χ2v) is 8.47. The van der Waals surface area contributed by atoms with Crippen molar-refractivity contribution in [3.8, 4) is 0 Å². The quantitative estimate of drug-likeness (QED) is 0.114. The van der Waals surface area contributed by atoms with Crippen molar-refractivity contribution in [2.45, 2.75) is 103 Å². The van der Waals surface area contributed by atoms with E-state index in [1.54, 1.807) is 0 Å². The predicted octanol–water partition coefficient (Wildman–Crippen LogP) is 8.11. The highest BCUT2D eigenvalue weighted by Crippen LogP contribution is 2.44. The van der Waals surface area contributed by atoms with Crippen molar-refractivity contribution in [3.63, 3.8) is 0 Å². The van der Waals surface area contributed by atoms with E-state index in [1.165, 1.54) is 108 Å². The maximum Gasteiger partial charge on any atom is 0.558 e. The molecule has 1 heterocycles. The Morgan fingerprint density at radius 2 is 1.00 bits per heavy atom. The lowest BCUT2D eigenvalue weighted by Gasteiger charge is -2.34. The van der Waals surface area contributed by atoms with Gasteiger partial charge in [-0.15, -0.1) is 0 Å². The van der Waals surface area contributed by atoms with Crippen LogP contribution in [0.3, 0.4) is 0 Å². The van der Waals surface area contributed by atoms with Crippen LogP contribution in [0.5, 0.6) is 0 Å². The second kappa shape index (κ2) is 13.8. The monoisotopic (exact) mass is 455 g/mol. The summed E-state index contributed by atoms with van der Waals surface area (Å²) in [5.74, 6) is -6.56. The van der Waals surface area contributed by atoms with Gasteiger partial charge in [-0.25, -0.2) is 8.78 Å². The Balaban J connectivity index is 0.000000654. The predicted molar refractivity (Wildman–Crippen MR) is 107 cm³/mol. The molecule has 30 heavy (non-hydrogen) atoms. The molecule has 0 N–H and O–H groups in total. The number of alkyl halides is 5. The van der Waals surface area contributed by atoms with E-state index in [0.717, 1.165) is 0 Å². The van der Waals surface area contributed by atoms with Crippen LogP contribution in [-0.2, 0) is 0 Å². The minimum Gasteiger partial charge on any atom is -0.445 e. The third-order valence-corrected chi connectivity index (χ3v) is 5.78. The summed E-state index contributed by atoms with van der Waals surface area (Å²) in [6, 6.07) is 0. The van der Waals surface area contributed by atoms with Crippen molar-refractivity contribution in [2.24, 2.45) is 0 Å². The SMILES string of the molecule is CCCCCCC[N+]1(CCCCCCC)CCCC1.F[B-](F)(F)C(F)(F)C(F)(F)F. The van der Waals surface area contributed by atoms with Gasteiger partial charge in [0, 0.05) is 12.8 Å². The summed E-state index contributed by atoms with van der Waals surface area (Å²) in [5.41, 5.74) is 0. The number of nitrogens with zero attached hydrogens (tertiary/aromatic N) is 1. The molecule has 0 bridgehead atoms. The zero-order valence-electron chi connectivity index (χ0n) is 18.4. The molecule has 0 unspecified atom stereocenters. The van der Waals surface area contributed by atoms with Crippen molar-refractivity contribution in [1.29, 1.82) is 0 Å². The number of unbranched alkanes of at least 4 members (excludes halogenated alkanes) is 8. The van der Waals surface area contributed by atoms with E-state index in [1.807, 2.05) is 0 Å². The van der Waals surface area contributed by atoms with Crippen LogP contribution in [0.2, 0.25) is 0 Å². The van der Waals surface area contributed by atoms with Crippen LogP contribution < -0.4 is 0 Å². The molecule has 0 spiro atoms. The van der Waals surface area contributed by atoms with Gasteiger partial charge in [0.1, 0.15) is 0 Å². The van der Waals surface area contributed by atoms with E-state index in [0.29, 0.717) is 0 Å². The van der Waals surface area contributed by atoms with Gasteiger partial charge in [-0.3, -0.25) is 0 Å². The van der Waals surface area contributed by atoms with Crippen LogP contribution in [0.15, 0.2) is 0 Å². The van der Waals surface area contributed by atoms with Gasteiger partial charge in [0.15, 0.2) is 0 Å². The molecular formula is C20H38BF8N. The second-order valence-electron chi connectivity index (χ2n) is 8.47. The summed E-state index contributed by atoms with van der Waals surface area (Å²) in [6.45, 7) is 3.35. The van der Waals surface area contributed by atoms with Crippen LogP contribution >= 0.6 is 0 Å². The van der Waals surface area contributed by atoms with Crippen molar-refractivity contribution >= 4 is 6.98 Å². The largest absolute Gasteiger partial charge is 0.558 e. The molecule has 1 rings (SSSR count). The normalized spacial score (nSPS) is 17.0. The molecule has 1 aliphatic heterocycles. The molecule has 1 aliphatic rings. The van der Waals surface area contributed by atoms with Gasteiger partial charge < -0.3 is 17.4 Å². The number of halogens is 8. The van der Waals surface area contributed by atoms with E-state index in [9.17, 15) is 34.9 Å². The lowest BCUT2D eigenvalue weighted by molar-refractivity contribution is -0.917. The number of hydrogen-bond acceptors (Lipinski definition) is 0. The summed E-state index contributed by atoms with van der Waals surface area (Å²) < 4.78 is 89.3. The highest BCUT2D eigenvalue weighted by Gasteiger charge is 2.69. The molecule has 0 radical (unpaired) electrons. The molecule has 0 saturated carbocycles. The molecule has 10 heteroatoms. The lowest BCUT2D eigenvalue weighted by Crippen LogP contribution is -2.53. The fourth-order valence-corrected chi connectivity index (χ4v) is 3.85. The van der Waals surface area contributed by atoms with Crippen molar-refractivity contribution in [3.05, 3.63) is 0 Å². The van der Waals surface area contributed by atoms with Crippen LogP contribution in [0.4, 0.5) is 34.9 Å². The molecule has 0 amide bonds. The number of hydrogen-bond donors (Lipinski definition) is 0. The van der Waals surface area contributed by atoms with E-state index in [-0.39, 0.29) is 0 Å². The summed E-state index contributed by atoms with van der Waals surface area (Å²) >= 11 is 0. The van der Waals surface area contributed by atoms with E-state index >= 15 is 0 Å². The Kier molecular flexibility index (Phi) is 13.5. The smallest absolute Gasteiger partial charge is 0.445 e. The van der Waals surface area contributed by atoms with E-state index in [2.05, 4.69) is 13.8 Å². The van der Waals surface area contributed by atoms with Gasteiger partial charge in [0.05, 0.1) is 26.2 Å². The minimum atomic E-state index is -7.21. The molecular weight excluding hydrogens is 417 g/mol. The molecule has 1 nitrogen and oxygen atoms in total. The fourth-order valence-electron chi connectivity index (χ4n) is 3.85. The van der Waals surface area contributed by atoms with Crippen molar-refractivity contribution in [2.75, 3.05) is 26.2 Å². The molecule has 0 aliphatic carbocycles. The molecule has 0 aromatic heterocycles. The third kappa shape index (κ3) is 10.7. The molecule has 1 saturated heterocycles. The summed E-state index contributed by atoms with van der Waals surface area (Å²) in [6.07, 6.45) is 10.9. The van der Waals surface area contributed by atoms with Gasteiger partial charge in [0.2, 0.25) is 0 Å². The highest BCUT2D eigenvalue weighted by molar-refractivity contribution is 6.61. The van der Waals surface area contributed by atoms with Crippen LogP contribution in [-0.4, -0.2) is 49.6 Å². The van der Waals surface area contributed by atoms with Crippen LogP contribution in [0, 0.1) is 0 Å². The Bertz CT molecular complexity index is 400. The highest BCUT2D eigenvalue weighted by atomic mass is 19.4. The average molecular weight is 455 g/mol. The topological polar surface area (TPSA) is 0 Å². The Labute approximate surface area is 176 Å². The van der Waals surface area contributed by atoms with E-state index in [4.69, 9.17) is 0 Å². The van der Waals surface area contributed by atoms with Gasteiger partial charge in [-0.2, -0.15) is 13.2 Å². The maximum absolute atomic E-state index is 11.2. The first-order valence-electron chi connectivity index (χ1n) is 11.3. The third-order valence-electron chi connectivity index (χ3n) is 5.78. The summed E-state index contributed by atoms with van der Waals surface area (Å²) in [4.78, 5) is 0. The zero-order valence-corrected chi connectivity index (χ0v) is 18.4. The first-order chi connectivity index (χ1) is 13.8. The van der Waals surface area contributed by atoms with Gasteiger partial charge in [-0.1, -0.05) is 52.4 Å². The van der Waals surface area contributed by atoms with Crippen LogP contribution in [0.1, 0.15) is 90.9 Å². The number of quaternary nitrogens is 1.